The Balaban J connectivity index is 2.24. The van der Waals surface area contributed by atoms with E-state index in [1.807, 2.05) is 6.07 Å². The van der Waals surface area contributed by atoms with Gasteiger partial charge in [-0.25, -0.2) is 8.42 Å². The molecular formula is C14H12ClN3O2S. The van der Waals surface area contributed by atoms with Crippen molar-refractivity contribution in [2.45, 2.75) is 5.75 Å². The Hall–Kier alpha value is -2.23. The van der Waals surface area contributed by atoms with Gasteiger partial charge in [-0.15, -0.1) is 0 Å². The summed E-state index contributed by atoms with van der Waals surface area (Å²) in [7, 11) is -3.65. The number of nitrogens with one attached hydrogen (secondary N) is 1. The van der Waals surface area contributed by atoms with Crippen LogP contribution in [0.1, 0.15) is 11.1 Å². The van der Waals surface area contributed by atoms with Crippen molar-refractivity contribution in [3.05, 3.63) is 58.6 Å². The molecule has 108 valence electrons. The van der Waals surface area contributed by atoms with E-state index in [4.69, 9.17) is 22.6 Å². The number of sulfonamides is 1. The Morgan fingerprint density at radius 1 is 1.24 bits per heavy atom. The van der Waals surface area contributed by atoms with Gasteiger partial charge in [-0.2, -0.15) is 5.26 Å². The molecule has 0 saturated heterocycles. The van der Waals surface area contributed by atoms with Crippen LogP contribution in [0.15, 0.2) is 42.5 Å². The highest BCUT2D eigenvalue weighted by molar-refractivity contribution is 7.91. The lowest BCUT2D eigenvalue weighted by Crippen LogP contribution is -2.15. The third kappa shape index (κ3) is 4.12. The van der Waals surface area contributed by atoms with Crippen LogP contribution in [0, 0.1) is 11.3 Å². The summed E-state index contributed by atoms with van der Waals surface area (Å²) >= 11 is 5.93. The third-order valence-electron chi connectivity index (χ3n) is 2.67. The highest BCUT2D eigenvalue weighted by Crippen LogP contribution is 2.24. The van der Waals surface area contributed by atoms with Gasteiger partial charge in [0, 0.05) is 5.69 Å². The monoisotopic (exact) mass is 321 g/mol. The average molecular weight is 322 g/mol. The molecule has 2 aromatic carbocycles. The van der Waals surface area contributed by atoms with E-state index >= 15 is 0 Å². The van der Waals surface area contributed by atoms with Gasteiger partial charge >= 0.3 is 0 Å². The molecule has 0 aromatic heterocycles. The van der Waals surface area contributed by atoms with Gasteiger partial charge in [0.1, 0.15) is 0 Å². The smallest absolute Gasteiger partial charge is 0.236 e. The summed E-state index contributed by atoms with van der Waals surface area (Å²) in [6, 6.07) is 12.9. The first kappa shape index (κ1) is 15.2. The number of rotatable bonds is 4. The zero-order valence-corrected chi connectivity index (χ0v) is 12.4. The number of nitrogens with two attached hydrogens (primary N) is 1. The maximum atomic E-state index is 12.1. The summed E-state index contributed by atoms with van der Waals surface area (Å²) in [6.07, 6.45) is 0. The molecular weight excluding hydrogens is 310 g/mol. The highest BCUT2D eigenvalue weighted by Gasteiger charge is 2.14. The Bertz CT molecular complexity index is 813. The van der Waals surface area contributed by atoms with Gasteiger partial charge in [-0.05, 0) is 35.9 Å². The lowest BCUT2D eigenvalue weighted by Gasteiger charge is -2.10. The molecule has 0 aliphatic carbocycles. The van der Waals surface area contributed by atoms with Gasteiger partial charge in [0.25, 0.3) is 0 Å². The van der Waals surface area contributed by atoms with E-state index in [-0.39, 0.29) is 16.5 Å². The second kappa shape index (κ2) is 6.04. The molecule has 0 amide bonds. The summed E-state index contributed by atoms with van der Waals surface area (Å²) in [6.45, 7) is 0. The molecule has 7 heteroatoms. The molecule has 0 saturated carbocycles. The summed E-state index contributed by atoms with van der Waals surface area (Å²) in [5, 5.41) is 9.06. The van der Waals surface area contributed by atoms with Crippen LogP contribution in [0.3, 0.4) is 0 Å². The summed E-state index contributed by atoms with van der Waals surface area (Å²) in [5.74, 6) is -0.231. The quantitative estimate of drug-likeness (QED) is 0.846. The van der Waals surface area contributed by atoms with E-state index in [0.717, 1.165) is 0 Å². The molecule has 5 nitrogen and oxygen atoms in total. The summed E-state index contributed by atoms with van der Waals surface area (Å²) in [5.41, 5.74) is 7.18. The molecule has 0 fully saturated rings. The lowest BCUT2D eigenvalue weighted by molar-refractivity contribution is 0.600. The molecule has 2 aromatic rings. The molecule has 0 heterocycles. The van der Waals surface area contributed by atoms with Crippen LogP contribution in [-0.2, 0) is 15.8 Å². The molecule has 0 spiro atoms. The molecule has 0 bridgehead atoms. The Morgan fingerprint density at radius 3 is 2.67 bits per heavy atom. The van der Waals surface area contributed by atoms with Crippen LogP contribution in [0.5, 0.6) is 0 Å². The van der Waals surface area contributed by atoms with Crippen LogP contribution in [0.25, 0.3) is 0 Å². The number of nitrogen functional groups attached to an aromatic ring is 1. The largest absolute Gasteiger partial charge is 0.399 e. The van der Waals surface area contributed by atoms with Gasteiger partial charge in [-0.3, -0.25) is 4.72 Å². The molecule has 0 atom stereocenters. The average Bonchev–Trinajstić information content (AvgIpc) is 2.40. The number of hydrogen-bond donors (Lipinski definition) is 2. The van der Waals surface area contributed by atoms with Crippen molar-refractivity contribution in [3.8, 4) is 6.07 Å². The van der Waals surface area contributed by atoms with E-state index in [9.17, 15) is 8.42 Å². The zero-order valence-electron chi connectivity index (χ0n) is 10.9. The second-order valence-corrected chi connectivity index (χ2v) is 6.54. The maximum absolute atomic E-state index is 12.1. The minimum atomic E-state index is -3.65. The normalized spacial score (nSPS) is 10.9. The van der Waals surface area contributed by atoms with Crippen LogP contribution in [0.2, 0.25) is 5.02 Å². The van der Waals surface area contributed by atoms with E-state index < -0.39 is 10.0 Å². The first-order chi connectivity index (χ1) is 9.89. The molecule has 0 aliphatic heterocycles. The van der Waals surface area contributed by atoms with E-state index in [2.05, 4.69) is 4.72 Å². The maximum Gasteiger partial charge on any atom is 0.236 e. The predicted molar refractivity (Wildman–Crippen MR) is 83.3 cm³/mol. The van der Waals surface area contributed by atoms with Crippen LogP contribution < -0.4 is 10.5 Å². The van der Waals surface area contributed by atoms with Crippen LogP contribution in [0.4, 0.5) is 11.4 Å². The minimum absolute atomic E-state index is 0.180. The molecule has 0 aliphatic rings. The number of halogens is 1. The summed E-state index contributed by atoms with van der Waals surface area (Å²) < 4.78 is 26.7. The van der Waals surface area contributed by atoms with E-state index in [0.29, 0.717) is 16.8 Å². The SMILES string of the molecule is N#Cc1ccc(Cl)c(NS(=O)(=O)Cc2cccc(N)c2)c1. The highest BCUT2D eigenvalue weighted by atomic mass is 35.5. The number of benzene rings is 2. The first-order valence-corrected chi connectivity index (χ1v) is 7.97. The topological polar surface area (TPSA) is 96.0 Å². The van der Waals surface area contributed by atoms with Crippen molar-refractivity contribution >= 4 is 33.0 Å². The lowest BCUT2D eigenvalue weighted by atomic mass is 10.2. The fraction of sp³-hybridized carbons (Fsp3) is 0.0714. The minimum Gasteiger partial charge on any atom is -0.399 e. The Morgan fingerprint density at radius 2 is 2.00 bits per heavy atom. The van der Waals surface area contributed by atoms with Gasteiger partial charge in [0.05, 0.1) is 28.1 Å². The van der Waals surface area contributed by atoms with E-state index in [1.54, 1.807) is 24.3 Å². The third-order valence-corrected chi connectivity index (χ3v) is 4.24. The van der Waals surface area contributed by atoms with Gasteiger partial charge in [-0.1, -0.05) is 23.7 Å². The van der Waals surface area contributed by atoms with E-state index in [1.165, 1.54) is 18.2 Å². The molecule has 0 radical (unpaired) electrons. The van der Waals surface area contributed by atoms with Crippen molar-refractivity contribution in [2.75, 3.05) is 10.5 Å². The Labute approximate surface area is 128 Å². The van der Waals surface area contributed by atoms with Gasteiger partial charge in [0.15, 0.2) is 0 Å². The number of nitriles is 1. The molecule has 21 heavy (non-hydrogen) atoms. The van der Waals surface area contributed by atoms with Crippen LogP contribution in [-0.4, -0.2) is 8.42 Å². The van der Waals surface area contributed by atoms with Gasteiger partial charge < -0.3 is 5.73 Å². The predicted octanol–water partition coefficient (Wildman–Crippen LogP) is 2.74. The first-order valence-electron chi connectivity index (χ1n) is 5.94. The fourth-order valence-electron chi connectivity index (χ4n) is 1.78. The Kier molecular flexibility index (Phi) is 4.36. The fourth-order valence-corrected chi connectivity index (χ4v) is 3.19. The summed E-state index contributed by atoms with van der Waals surface area (Å²) in [4.78, 5) is 0. The number of hydrogen-bond acceptors (Lipinski definition) is 4. The molecule has 2 rings (SSSR count). The second-order valence-electron chi connectivity index (χ2n) is 4.41. The van der Waals surface area contributed by atoms with Crippen molar-refractivity contribution in [2.24, 2.45) is 0 Å². The van der Waals surface area contributed by atoms with Crippen LogP contribution >= 0.6 is 11.6 Å². The molecule has 3 N–H and O–H groups in total. The standard InChI is InChI=1S/C14H12ClN3O2S/c15-13-5-4-10(8-16)7-14(13)18-21(19,20)9-11-2-1-3-12(17)6-11/h1-7,18H,9,17H2. The van der Waals surface area contributed by atoms with Crippen molar-refractivity contribution in [1.29, 1.82) is 5.26 Å². The van der Waals surface area contributed by atoms with Crippen molar-refractivity contribution in [3.63, 3.8) is 0 Å². The molecule has 0 unspecified atom stereocenters. The van der Waals surface area contributed by atoms with Gasteiger partial charge in [0.2, 0.25) is 10.0 Å². The van der Waals surface area contributed by atoms with Crippen molar-refractivity contribution in [1.82, 2.24) is 0 Å². The number of anilines is 2. The number of nitrogens with zero attached hydrogens (tertiary/aromatic N) is 1. The van der Waals surface area contributed by atoms with Crippen molar-refractivity contribution < 1.29 is 8.42 Å². The zero-order chi connectivity index (χ0) is 15.5.